The predicted octanol–water partition coefficient (Wildman–Crippen LogP) is 3.20. The molecule has 2 amide bonds. The molecule has 1 fully saturated rings. The standard InChI is InChI=1S/C21H23FN2O3/c1-3-27-19-7-5-4-6-18(19)24-13-16(11-20(24)25)21(26)23-12-15-9-8-14(2)17(22)10-15/h4-10,16H,3,11-13H2,1-2H3,(H,23,26). The number of hydrogen-bond donors (Lipinski definition) is 1. The number of carbonyl (C=O) groups is 2. The molecule has 0 aliphatic carbocycles. The van der Waals surface area contributed by atoms with Crippen LogP contribution in [0.25, 0.3) is 0 Å². The van der Waals surface area contributed by atoms with Crippen molar-refractivity contribution < 1.29 is 18.7 Å². The third kappa shape index (κ3) is 4.27. The topological polar surface area (TPSA) is 58.6 Å². The Labute approximate surface area is 158 Å². The van der Waals surface area contributed by atoms with Gasteiger partial charge in [0.1, 0.15) is 11.6 Å². The predicted molar refractivity (Wildman–Crippen MR) is 101 cm³/mol. The van der Waals surface area contributed by atoms with E-state index in [0.29, 0.717) is 35.7 Å². The van der Waals surface area contributed by atoms with E-state index in [1.165, 1.54) is 6.07 Å². The number of nitrogens with one attached hydrogen (secondary N) is 1. The smallest absolute Gasteiger partial charge is 0.227 e. The molecule has 2 aromatic carbocycles. The number of nitrogens with zero attached hydrogens (tertiary/aromatic N) is 1. The summed E-state index contributed by atoms with van der Waals surface area (Å²) in [5.41, 5.74) is 1.93. The van der Waals surface area contributed by atoms with Crippen molar-refractivity contribution in [2.45, 2.75) is 26.8 Å². The summed E-state index contributed by atoms with van der Waals surface area (Å²) < 4.78 is 19.2. The van der Waals surface area contributed by atoms with Gasteiger partial charge in [0.05, 0.1) is 18.2 Å². The minimum Gasteiger partial charge on any atom is -0.492 e. The van der Waals surface area contributed by atoms with Crippen molar-refractivity contribution >= 4 is 17.5 Å². The average molecular weight is 370 g/mol. The zero-order chi connectivity index (χ0) is 19.4. The molecule has 1 aliphatic heterocycles. The Morgan fingerprint density at radius 2 is 2.07 bits per heavy atom. The van der Waals surface area contributed by atoms with Gasteiger partial charge in [-0.1, -0.05) is 24.3 Å². The molecular formula is C21H23FN2O3. The summed E-state index contributed by atoms with van der Waals surface area (Å²) in [5, 5.41) is 2.80. The van der Waals surface area contributed by atoms with Crippen LogP contribution >= 0.6 is 0 Å². The average Bonchev–Trinajstić information content (AvgIpc) is 3.05. The van der Waals surface area contributed by atoms with Gasteiger partial charge < -0.3 is 15.0 Å². The molecule has 1 heterocycles. The highest BCUT2D eigenvalue weighted by molar-refractivity contribution is 6.01. The zero-order valence-corrected chi connectivity index (χ0v) is 15.5. The van der Waals surface area contributed by atoms with Crippen molar-refractivity contribution in [2.24, 2.45) is 5.92 Å². The van der Waals surface area contributed by atoms with Crippen molar-refractivity contribution in [1.82, 2.24) is 5.32 Å². The molecular weight excluding hydrogens is 347 g/mol. The monoisotopic (exact) mass is 370 g/mol. The highest BCUT2D eigenvalue weighted by Gasteiger charge is 2.36. The Morgan fingerprint density at radius 1 is 1.30 bits per heavy atom. The van der Waals surface area contributed by atoms with Crippen molar-refractivity contribution in [1.29, 1.82) is 0 Å². The molecule has 0 bridgehead atoms. The van der Waals surface area contributed by atoms with Crippen LogP contribution in [0, 0.1) is 18.7 Å². The van der Waals surface area contributed by atoms with Crippen LogP contribution in [0.2, 0.25) is 0 Å². The second-order valence-corrected chi connectivity index (χ2v) is 6.61. The summed E-state index contributed by atoms with van der Waals surface area (Å²) in [6.07, 6.45) is 0.147. The summed E-state index contributed by atoms with van der Waals surface area (Å²) in [6, 6.07) is 12.2. The van der Waals surface area contributed by atoms with Crippen LogP contribution in [-0.4, -0.2) is 25.0 Å². The largest absolute Gasteiger partial charge is 0.492 e. The van der Waals surface area contributed by atoms with Crippen LogP contribution in [0.15, 0.2) is 42.5 Å². The van der Waals surface area contributed by atoms with E-state index in [2.05, 4.69) is 5.32 Å². The Bertz CT molecular complexity index is 853. The van der Waals surface area contributed by atoms with Gasteiger partial charge in [-0.05, 0) is 43.2 Å². The molecule has 3 rings (SSSR count). The van der Waals surface area contributed by atoms with Crippen LogP contribution < -0.4 is 15.0 Å². The number of hydrogen-bond acceptors (Lipinski definition) is 3. The number of carbonyl (C=O) groups excluding carboxylic acids is 2. The first kappa shape index (κ1) is 18.9. The fraction of sp³-hybridized carbons (Fsp3) is 0.333. The quantitative estimate of drug-likeness (QED) is 0.850. The van der Waals surface area contributed by atoms with Gasteiger partial charge in [0.15, 0.2) is 0 Å². The van der Waals surface area contributed by atoms with Crippen LogP contribution in [-0.2, 0) is 16.1 Å². The van der Waals surface area contributed by atoms with Gasteiger partial charge >= 0.3 is 0 Å². The molecule has 1 N–H and O–H groups in total. The molecule has 0 spiro atoms. The van der Waals surface area contributed by atoms with Gasteiger partial charge in [0.2, 0.25) is 11.8 Å². The van der Waals surface area contributed by atoms with Crippen molar-refractivity contribution in [3.05, 3.63) is 59.4 Å². The molecule has 5 nitrogen and oxygen atoms in total. The molecule has 1 unspecified atom stereocenters. The first-order chi connectivity index (χ1) is 13.0. The lowest BCUT2D eigenvalue weighted by atomic mass is 10.1. The fourth-order valence-electron chi connectivity index (χ4n) is 3.15. The number of anilines is 1. The van der Waals surface area contributed by atoms with E-state index in [1.807, 2.05) is 31.2 Å². The maximum Gasteiger partial charge on any atom is 0.227 e. The highest BCUT2D eigenvalue weighted by atomic mass is 19.1. The summed E-state index contributed by atoms with van der Waals surface area (Å²) in [6.45, 7) is 4.60. The van der Waals surface area contributed by atoms with E-state index in [-0.39, 0.29) is 30.6 Å². The molecule has 2 aromatic rings. The van der Waals surface area contributed by atoms with E-state index in [9.17, 15) is 14.0 Å². The number of para-hydroxylation sites is 2. The van der Waals surface area contributed by atoms with Crippen LogP contribution in [0.1, 0.15) is 24.5 Å². The summed E-state index contributed by atoms with van der Waals surface area (Å²) in [5.74, 6) is -0.423. The van der Waals surface area contributed by atoms with E-state index >= 15 is 0 Å². The highest BCUT2D eigenvalue weighted by Crippen LogP contribution is 2.33. The van der Waals surface area contributed by atoms with Gasteiger partial charge in [-0.25, -0.2) is 4.39 Å². The van der Waals surface area contributed by atoms with Gasteiger partial charge in [0, 0.05) is 19.5 Å². The van der Waals surface area contributed by atoms with Crippen LogP contribution in [0.5, 0.6) is 5.75 Å². The number of rotatable bonds is 6. The van der Waals surface area contributed by atoms with E-state index in [4.69, 9.17) is 4.74 Å². The minimum atomic E-state index is -0.442. The number of amides is 2. The van der Waals surface area contributed by atoms with E-state index in [0.717, 1.165) is 0 Å². The zero-order valence-electron chi connectivity index (χ0n) is 15.5. The van der Waals surface area contributed by atoms with Crippen molar-refractivity contribution in [3.63, 3.8) is 0 Å². The molecule has 6 heteroatoms. The van der Waals surface area contributed by atoms with Gasteiger partial charge in [-0.15, -0.1) is 0 Å². The second kappa shape index (κ2) is 8.20. The SMILES string of the molecule is CCOc1ccccc1N1CC(C(=O)NCc2ccc(C)c(F)c2)CC1=O. The lowest BCUT2D eigenvalue weighted by Gasteiger charge is -2.20. The molecule has 0 aromatic heterocycles. The fourth-order valence-corrected chi connectivity index (χ4v) is 3.15. The number of benzene rings is 2. The summed E-state index contributed by atoms with van der Waals surface area (Å²) >= 11 is 0. The van der Waals surface area contributed by atoms with E-state index in [1.54, 1.807) is 24.0 Å². The number of halogens is 1. The van der Waals surface area contributed by atoms with Crippen LogP contribution in [0.4, 0.5) is 10.1 Å². The third-order valence-electron chi connectivity index (χ3n) is 4.65. The molecule has 0 radical (unpaired) electrons. The Hall–Kier alpha value is -2.89. The number of ether oxygens (including phenoxy) is 1. The van der Waals surface area contributed by atoms with Gasteiger partial charge in [-0.3, -0.25) is 9.59 Å². The minimum absolute atomic E-state index is 0.108. The molecule has 1 aliphatic rings. The second-order valence-electron chi connectivity index (χ2n) is 6.61. The molecule has 1 saturated heterocycles. The molecule has 27 heavy (non-hydrogen) atoms. The third-order valence-corrected chi connectivity index (χ3v) is 4.65. The summed E-state index contributed by atoms with van der Waals surface area (Å²) in [7, 11) is 0. The first-order valence-corrected chi connectivity index (χ1v) is 9.04. The number of aryl methyl sites for hydroxylation is 1. The van der Waals surface area contributed by atoms with Crippen molar-refractivity contribution in [3.8, 4) is 5.75 Å². The molecule has 1 atom stereocenters. The molecule has 142 valence electrons. The van der Waals surface area contributed by atoms with Gasteiger partial charge in [0.25, 0.3) is 0 Å². The summed E-state index contributed by atoms with van der Waals surface area (Å²) in [4.78, 5) is 26.5. The van der Waals surface area contributed by atoms with Crippen LogP contribution in [0.3, 0.4) is 0 Å². The lowest BCUT2D eigenvalue weighted by molar-refractivity contribution is -0.126. The van der Waals surface area contributed by atoms with Crippen molar-refractivity contribution in [2.75, 3.05) is 18.1 Å². The maximum absolute atomic E-state index is 13.6. The Morgan fingerprint density at radius 3 is 2.81 bits per heavy atom. The Kier molecular flexibility index (Phi) is 5.74. The van der Waals surface area contributed by atoms with E-state index < -0.39 is 5.92 Å². The first-order valence-electron chi connectivity index (χ1n) is 9.04. The normalized spacial score (nSPS) is 16.5. The van der Waals surface area contributed by atoms with Gasteiger partial charge in [-0.2, -0.15) is 0 Å². The Balaban J connectivity index is 1.64. The lowest BCUT2D eigenvalue weighted by Crippen LogP contribution is -2.32. The maximum atomic E-state index is 13.6. The molecule has 0 saturated carbocycles.